The Morgan fingerprint density at radius 1 is 1.38 bits per heavy atom. The Labute approximate surface area is 99.4 Å². The molecule has 5 nitrogen and oxygen atoms in total. The number of halogens is 1. The van der Waals surface area contributed by atoms with Crippen LogP contribution in [-0.4, -0.2) is 15.5 Å². The van der Waals surface area contributed by atoms with Crippen molar-refractivity contribution in [2.75, 3.05) is 7.11 Å². The van der Waals surface area contributed by atoms with E-state index in [4.69, 9.17) is 11.6 Å². The minimum Gasteiger partial charge on any atom is -0.190 e. The molecular weight excluding hydrogens is 275 g/mol. The fourth-order valence-electron chi connectivity index (χ4n) is 1.08. The van der Waals surface area contributed by atoms with Gasteiger partial charge in [0.2, 0.25) is 0 Å². The maximum atomic E-state index is 11.7. The van der Waals surface area contributed by atoms with Crippen LogP contribution in [0.2, 0.25) is 5.02 Å². The van der Waals surface area contributed by atoms with Crippen molar-refractivity contribution in [1.29, 1.82) is 0 Å². The number of rotatable bonds is 4. The summed E-state index contributed by atoms with van der Waals surface area (Å²) in [5.41, 5.74) is 0.409. The third kappa shape index (κ3) is 2.99. The third-order valence-corrected chi connectivity index (χ3v) is 4.76. The van der Waals surface area contributed by atoms with Crippen molar-refractivity contribution in [3.63, 3.8) is 0 Å². The first kappa shape index (κ1) is 13.5. The Morgan fingerprint density at radius 3 is 2.50 bits per heavy atom. The van der Waals surface area contributed by atoms with Gasteiger partial charge in [-0.05, 0) is 18.6 Å². The first-order valence-electron chi connectivity index (χ1n) is 4.09. The van der Waals surface area contributed by atoms with Gasteiger partial charge in [0.15, 0.2) is 0 Å². The van der Waals surface area contributed by atoms with E-state index in [0.29, 0.717) is 5.56 Å². The van der Waals surface area contributed by atoms with Gasteiger partial charge >= 0.3 is 18.4 Å². The molecule has 1 unspecified atom stereocenters. The molecule has 0 heterocycles. The van der Waals surface area contributed by atoms with Crippen molar-refractivity contribution in [3.8, 4) is 0 Å². The summed E-state index contributed by atoms with van der Waals surface area (Å²) in [6, 6.07) is 4.57. The van der Waals surface area contributed by atoms with Crippen LogP contribution in [0.3, 0.4) is 0 Å². The molecule has 0 spiro atoms. The second-order valence-corrected chi connectivity index (χ2v) is 5.95. The molecule has 0 aliphatic rings. The predicted octanol–water partition coefficient (Wildman–Crippen LogP) is 2.66. The molecule has 1 atom stereocenters. The first-order valence-corrected chi connectivity index (χ1v) is 6.97. The Morgan fingerprint density at radius 2 is 2.00 bits per heavy atom. The van der Waals surface area contributed by atoms with E-state index in [9.17, 15) is 13.0 Å². The fraction of sp³-hybridized carbons (Fsp3) is 0.250. The van der Waals surface area contributed by atoms with E-state index in [1.54, 1.807) is 19.1 Å². The van der Waals surface area contributed by atoms with Crippen LogP contribution in [0.4, 0.5) is 0 Å². The number of hydrogen-bond donors (Lipinski definition) is 0. The molecule has 0 fully saturated rings. The van der Waals surface area contributed by atoms with Crippen molar-refractivity contribution >= 4 is 30.0 Å². The van der Waals surface area contributed by atoms with Crippen LogP contribution in [0, 0.1) is 6.92 Å². The highest BCUT2D eigenvalue weighted by Crippen LogP contribution is 2.33. The predicted molar refractivity (Wildman–Crippen MR) is 59.1 cm³/mol. The lowest BCUT2D eigenvalue weighted by Crippen LogP contribution is -2.05. The second kappa shape index (κ2) is 5.21. The molecule has 0 aliphatic carbocycles. The van der Waals surface area contributed by atoms with Crippen molar-refractivity contribution in [2.24, 2.45) is 0 Å². The van der Waals surface area contributed by atoms with Crippen molar-refractivity contribution in [3.05, 3.63) is 28.8 Å². The topological polar surface area (TPSA) is 69.7 Å². The summed E-state index contributed by atoms with van der Waals surface area (Å²) in [5.74, 6) is 0. The van der Waals surface area contributed by atoms with E-state index in [2.05, 4.69) is 8.49 Å². The highest BCUT2D eigenvalue weighted by Gasteiger charge is 2.34. The summed E-state index contributed by atoms with van der Waals surface area (Å²) >= 11 is 5.75. The highest BCUT2D eigenvalue weighted by molar-refractivity contribution is 7.89. The second-order valence-electron chi connectivity index (χ2n) is 2.82. The minimum atomic E-state index is -4.17. The lowest BCUT2D eigenvalue weighted by molar-refractivity contribution is 0.348. The Bertz CT molecular complexity index is 493. The summed E-state index contributed by atoms with van der Waals surface area (Å²) in [4.78, 5) is -0.197. The zero-order valence-corrected chi connectivity index (χ0v) is 11.0. The average molecular weight is 284 g/mol. The molecular formula is C8H9ClO5PS+. The van der Waals surface area contributed by atoms with Crippen LogP contribution in [-0.2, 0) is 23.2 Å². The molecule has 0 bridgehead atoms. The van der Waals surface area contributed by atoms with Crippen LogP contribution >= 0.6 is 19.9 Å². The van der Waals surface area contributed by atoms with Crippen LogP contribution in [0.25, 0.3) is 0 Å². The van der Waals surface area contributed by atoms with E-state index >= 15 is 0 Å². The molecule has 16 heavy (non-hydrogen) atoms. The summed E-state index contributed by atoms with van der Waals surface area (Å²) in [6.45, 7) is 1.56. The van der Waals surface area contributed by atoms with Crippen molar-refractivity contribution in [1.82, 2.24) is 0 Å². The number of aryl methyl sites for hydroxylation is 1. The van der Waals surface area contributed by atoms with Crippen LogP contribution in [0.5, 0.6) is 0 Å². The lowest BCUT2D eigenvalue weighted by atomic mass is 10.2. The zero-order chi connectivity index (χ0) is 12.3. The van der Waals surface area contributed by atoms with E-state index < -0.39 is 18.4 Å². The van der Waals surface area contributed by atoms with Gasteiger partial charge in [-0.3, -0.25) is 0 Å². The molecule has 1 aromatic carbocycles. The highest BCUT2D eigenvalue weighted by atomic mass is 35.5. The average Bonchev–Trinajstić information content (AvgIpc) is 2.16. The summed E-state index contributed by atoms with van der Waals surface area (Å²) in [5, 5.41) is 0.0134. The van der Waals surface area contributed by atoms with Crippen LogP contribution < -0.4 is 0 Å². The third-order valence-electron chi connectivity index (χ3n) is 1.72. The van der Waals surface area contributed by atoms with Gasteiger partial charge in [0.25, 0.3) is 0 Å². The summed E-state index contributed by atoms with van der Waals surface area (Å²) in [6.07, 6.45) is 0. The van der Waals surface area contributed by atoms with Gasteiger partial charge in [-0.2, -0.15) is 8.42 Å². The quantitative estimate of drug-likeness (QED) is 0.795. The largest absolute Gasteiger partial charge is 0.714 e. The standard InChI is InChI=1S/C8H9ClO5PS/c1-6-4-3-5-7(9)8(6)16(11,12)14-15(10)13-2/h3-5H,1-2H3/q+1. The monoisotopic (exact) mass is 283 g/mol. The molecule has 1 aromatic rings. The van der Waals surface area contributed by atoms with Gasteiger partial charge in [-0.1, -0.05) is 23.7 Å². The summed E-state index contributed by atoms with van der Waals surface area (Å²) < 4.78 is 42.8. The molecule has 0 amide bonds. The maximum absolute atomic E-state index is 11.7. The van der Waals surface area contributed by atoms with Gasteiger partial charge < -0.3 is 0 Å². The normalized spacial score (nSPS) is 12.6. The van der Waals surface area contributed by atoms with Gasteiger partial charge in [-0.25, -0.2) is 0 Å². The van der Waals surface area contributed by atoms with E-state index in [-0.39, 0.29) is 9.92 Å². The van der Waals surface area contributed by atoms with Crippen LogP contribution in [0.15, 0.2) is 23.1 Å². The van der Waals surface area contributed by atoms with Gasteiger partial charge in [0.05, 0.1) is 12.1 Å². The van der Waals surface area contributed by atoms with Gasteiger partial charge in [-0.15, -0.1) is 4.52 Å². The Balaban J connectivity index is 3.23. The van der Waals surface area contributed by atoms with E-state index in [1.165, 1.54) is 6.07 Å². The Hall–Kier alpha value is -0.520. The molecule has 8 heteroatoms. The van der Waals surface area contributed by atoms with Crippen molar-refractivity contribution < 1.29 is 21.5 Å². The molecule has 0 aromatic heterocycles. The van der Waals surface area contributed by atoms with E-state index in [1.807, 2.05) is 0 Å². The maximum Gasteiger partial charge on any atom is 0.714 e. The minimum absolute atomic E-state index is 0.0134. The van der Waals surface area contributed by atoms with E-state index in [0.717, 1.165) is 7.11 Å². The summed E-state index contributed by atoms with van der Waals surface area (Å²) in [7, 11) is -5.81. The van der Waals surface area contributed by atoms with Gasteiger partial charge in [0, 0.05) is 8.54 Å². The molecule has 0 saturated carbocycles. The molecule has 0 radical (unpaired) electrons. The lowest BCUT2D eigenvalue weighted by Gasteiger charge is -2.03. The smallest absolute Gasteiger partial charge is 0.190 e. The number of benzene rings is 1. The zero-order valence-electron chi connectivity index (χ0n) is 8.51. The fourth-order valence-corrected chi connectivity index (χ4v) is 3.54. The van der Waals surface area contributed by atoms with Gasteiger partial charge in [0.1, 0.15) is 4.90 Å². The number of hydrogen-bond acceptors (Lipinski definition) is 5. The first-order chi connectivity index (χ1) is 7.38. The molecule has 1 rings (SSSR count). The van der Waals surface area contributed by atoms with Crippen LogP contribution in [0.1, 0.15) is 5.56 Å². The van der Waals surface area contributed by atoms with Crippen molar-refractivity contribution in [2.45, 2.75) is 11.8 Å². The molecule has 0 aliphatic heterocycles. The molecule has 0 saturated heterocycles. The molecule has 0 N–H and O–H groups in total. The Kier molecular flexibility index (Phi) is 4.41. The molecule has 88 valence electrons. The SMILES string of the molecule is CO[P+](=O)OS(=O)(=O)c1c(C)cccc1Cl.